The van der Waals surface area contributed by atoms with Gasteiger partial charge in [0.15, 0.2) is 0 Å². The molecule has 0 saturated carbocycles. The second-order valence-corrected chi connectivity index (χ2v) is 16.0. The van der Waals surface area contributed by atoms with Crippen molar-refractivity contribution in [3.05, 3.63) is 214 Å². The highest BCUT2D eigenvalue weighted by atomic mass is 15.2. The average Bonchev–Trinajstić information content (AvgIpc) is 3.87. The van der Waals surface area contributed by atoms with Gasteiger partial charge < -0.3 is 0 Å². The predicted octanol–water partition coefficient (Wildman–Crippen LogP) is 11.6. The van der Waals surface area contributed by atoms with Gasteiger partial charge in [-0.1, -0.05) is 42.5 Å². The summed E-state index contributed by atoms with van der Waals surface area (Å²) in [6, 6.07) is 18.6. The summed E-state index contributed by atoms with van der Waals surface area (Å²) in [4.78, 5) is 32.2. The van der Waals surface area contributed by atoms with E-state index in [1.54, 1.807) is 9.36 Å². The van der Waals surface area contributed by atoms with E-state index in [-0.39, 0.29) is 0 Å². The van der Waals surface area contributed by atoms with Crippen LogP contribution < -0.4 is 0 Å². The van der Waals surface area contributed by atoms with E-state index >= 15 is 0 Å². The van der Waals surface area contributed by atoms with Crippen LogP contribution in [0.25, 0.3) is 10.8 Å². The number of hydrogen-bond acceptors (Lipinski definition) is 10. The molecule has 1 aromatic carbocycles. The molecule has 9 rings (SSSR count). The Morgan fingerprint density at radius 3 is 1.26 bits per heavy atom. The Morgan fingerprint density at radius 2 is 0.909 bits per heavy atom. The lowest BCUT2D eigenvalue weighted by molar-refractivity contribution is 0.756. The van der Waals surface area contributed by atoms with Crippen molar-refractivity contribution in [3.63, 3.8) is 0 Å². The highest BCUT2D eigenvalue weighted by Crippen LogP contribution is 2.15. The maximum absolute atomic E-state index is 4.18. The first kappa shape index (κ1) is 54.8. The molecule has 0 aliphatic heterocycles. The van der Waals surface area contributed by atoms with Crippen molar-refractivity contribution < 1.29 is 0 Å². The molecule has 0 atom stereocenters. The van der Waals surface area contributed by atoms with Crippen molar-refractivity contribution in [1.29, 1.82) is 0 Å². The lowest BCUT2D eigenvalue weighted by atomic mass is 10.1. The summed E-state index contributed by atoms with van der Waals surface area (Å²) in [6.07, 6.45) is 24.2. The van der Waals surface area contributed by atoms with Crippen LogP contribution in [0.15, 0.2) is 135 Å². The first-order chi connectivity index (χ1) is 31.3. The molecule has 0 spiro atoms. The van der Waals surface area contributed by atoms with Crippen LogP contribution in [0.5, 0.6) is 0 Å². The lowest BCUT2D eigenvalue weighted by Crippen LogP contribution is -1.86. The Labute approximate surface area is 393 Å². The smallest absolute Gasteiger partial charge is 0.125 e. The van der Waals surface area contributed by atoms with Crippen molar-refractivity contribution in [1.82, 2.24) is 59.4 Å². The fourth-order valence-corrected chi connectivity index (χ4v) is 5.29. The maximum Gasteiger partial charge on any atom is 0.125 e. The van der Waals surface area contributed by atoms with Gasteiger partial charge in [0.25, 0.3) is 0 Å². The summed E-state index contributed by atoms with van der Waals surface area (Å²) in [6.45, 7) is 28.0. The summed E-state index contributed by atoms with van der Waals surface area (Å²) in [5.74, 6) is 1.66. The molecule has 0 unspecified atom stereocenters. The molecule has 9 aromatic rings. The molecular weight excluding hydrogens is 817 g/mol. The third kappa shape index (κ3) is 24.5. The molecule has 12 heteroatoms. The number of rotatable bonds is 0. The van der Waals surface area contributed by atoms with Gasteiger partial charge in [-0.05, 0) is 165 Å². The van der Waals surface area contributed by atoms with E-state index in [2.05, 4.69) is 107 Å². The second-order valence-electron chi connectivity index (χ2n) is 16.0. The Balaban J connectivity index is 0.000000260. The first-order valence-corrected chi connectivity index (χ1v) is 21.7. The summed E-state index contributed by atoms with van der Waals surface area (Å²) in [7, 11) is 3.82. The number of hydrogen-bond donors (Lipinski definition) is 0. The number of pyridine rings is 4. The minimum Gasteiger partial charge on any atom is -0.276 e. The summed E-state index contributed by atoms with van der Waals surface area (Å²) in [5, 5.41) is 10.5. The zero-order chi connectivity index (χ0) is 49.0. The highest BCUT2D eigenvalue weighted by Gasteiger charge is 1.94. The number of benzene rings is 1. The number of aryl methyl sites for hydroxylation is 16. The molecule has 0 bridgehead atoms. The van der Waals surface area contributed by atoms with E-state index in [0.717, 1.165) is 39.9 Å². The Kier molecular flexibility index (Phi) is 24.8. The highest BCUT2D eigenvalue weighted by molar-refractivity contribution is 5.84. The lowest BCUT2D eigenvalue weighted by Gasteiger charge is -1.98. The molecule has 0 N–H and O–H groups in total. The van der Waals surface area contributed by atoms with Crippen LogP contribution >= 0.6 is 0 Å². The zero-order valence-electron chi connectivity index (χ0n) is 42.1. The fourth-order valence-electron chi connectivity index (χ4n) is 5.29. The Hall–Kier alpha value is -7.34. The molecule has 346 valence electrons. The molecule has 0 saturated heterocycles. The maximum atomic E-state index is 4.18. The third-order valence-corrected chi connectivity index (χ3v) is 8.92. The van der Waals surface area contributed by atoms with Crippen LogP contribution in [0, 0.1) is 96.9 Å². The van der Waals surface area contributed by atoms with Crippen molar-refractivity contribution in [2.24, 2.45) is 14.1 Å². The third-order valence-electron chi connectivity index (χ3n) is 8.92. The monoisotopic (exact) mass is 887 g/mol. The van der Waals surface area contributed by atoms with Gasteiger partial charge in [-0.25, -0.2) is 19.9 Å². The summed E-state index contributed by atoms with van der Waals surface area (Å²) in [5.41, 5.74) is 14.1. The van der Waals surface area contributed by atoms with E-state index in [9.17, 15) is 0 Å². The van der Waals surface area contributed by atoms with Crippen LogP contribution in [0.2, 0.25) is 0 Å². The van der Waals surface area contributed by atoms with Crippen LogP contribution in [0.1, 0.15) is 78.8 Å². The van der Waals surface area contributed by atoms with Crippen LogP contribution in [0.4, 0.5) is 0 Å². The molecule has 0 fully saturated rings. The molecule has 8 heterocycles. The van der Waals surface area contributed by atoms with Crippen molar-refractivity contribution in [2.75, 3.05) is 0 Å². The van der Waals surface area contributed by atoms with Gasteiger partial charge in [-0.3, -0.25) is 29.3 Å². The van der Waals surface area contributed by atoms with Gasteiger partial charge in [-0.2, -0.15) is 10.2 Å². The van der Waals surface area contributed by atoms with E-state index in [4.69, 9.17) is 0 Å². The molecule has 66 heavy (non-hydrogen) atoms. The Bertz CT molecular complexity index is 2440. The normalized spacial score (nSPS) is 9.52. The summed E-state index contributed by atoms with van der Waals surface area (Å²) < 4.78 is 3.57. The van der Waals surface area contributed by atoms with Crippen LogP contribution in [-0.2, 0) is 14.1 Å². The van der Waals surface area contributed by atoms with Gasteiger partial charge in [-0.15, -0.1) is 0 Å². The zero-order valence-corrected chi connectivity index (χ0v) is 42.1. The standard InChI is InChI=1S/C10H9N.C8H11N.2C7H9N.2C6H8N2.2C5H8N2/c1-8-6-11-7-9-4-2-3-5-10(8)9;1-6-4-7(2)8(3)9-5-6;1-6-3-7(2)5-8-4-6;1-6-3-4-7(2)8-5-6;2*1-5-3-7-6(2)8-4-5;1-5-3-6-7(2)4-5;1-5-3-4-7(2)6-5/h2-7H,1H3;4-5H,1-3H3;2*3-5H,1-2H3;2*3-4H,1-2H3;2*3-4H,1-2H3. The average molecular weight is 887 g/mol. The molecule has 12 nitrogen and oxygen atoms in total. The number of aromatic nitrogens is 12. The molecule has 0 aliphatic carbocycles. The molecule has 0 amide bonds. The van der Waals surface area contributed by atoms with E-state index in [0.29, 0.717) is 0 Å². The minimum absolute atomic E-state index is 0.829. The molecule has 0 radical (unpaired) electrons. The van der Waals surface area contributed by atoms with E-state index in [1.165, 1.54) is 49.7 Å². The van der Waals surface area contributed by atoms with Gasteiger partial charge in [0, 0.05) is 105 Å². The van der Waals surface area contributed by atoms with Gasteiger partial charge in [0.1, 0.15) is 11.6 Å². The van der Waals surface area contributed by atoms with Crippen molar-refractivity contribution >= 4 is 10.8 Å². The fraction of sp³-hybridized carbons (Fsp3) is 0.296. The topological polar surface area (TPSA) is 139 Å². The first-order valence-electron chi connectivity index (χ1n) is 21.7. The molecular formula is C54H70N12. The quantitative estimate of drug-likeness (QED) is 0.145. The van der Waals surface area contributed by atoms with Gasteiger partial charge in [0.05, 0.1) is 11.9 Å². The minimum atomic E-state index is 0.829. The number of fused-ring (bicyclic) bond motifs is 1. The van der Waals surface area contributed by atoms with Crippen molar-refractivity contribution in [2.45, 2.75) is 96.9 Å². The van der Waals surface area contributed by atoms with E-state index in [1.807, 2.05) is 189 Å². The molecule has 8 aromatic heterocycles. The van der Waals surface area contributed by atoms with Gasteiger partial charge in [0.2, 0.25) is 0 Å². The van der Waals surface area contributed by atoms with Crippen LogP contribution in [-0.4, -0.2) is 59.4 Å². The van der Waals surface area contributed by atoms with E-state index < -0.39 is 0 Å². The number of nitrogens with zero attached hydrogens (tertiary/aromatic N) is 12. The predicted molar refractivity (Wildman–Crippen MR) is 271 cm³/mol. The molecule has 0 aliphatic rings. The second kappa shape index (κ2) is 29.9. The SMILES string of the molecule is Cc1ccc(C)nc1.Cc1ccn(C)n1.Cc1cnc(C)c(C)c1.Cc1cnc(C)nc1.Cc1cnc(C)nc1.Cc1cncc(C)c1.Cc1cncc2ccccc12.Cc1cnn(C)c1. The van der Waals surface area contributed by atoms with Crippen LogP contribution in [0.3, 0.4) is 0 Å². The van der Waals surface area contributed by atoms with Crippen molar-refractivity contribution in [3.8, 4) is 0 Å². The Morgan fingerprint density at radius 1 is 0.379 bits per heavy atom. The summed E-state index contributed by atoms with van der Waals surface area (Å²) >= 11 is 0. The largest absolute Gasteiger partial charge is 0.276 e. The van der Waals surface area contributed by atoms with Gasteiger partial charge >= 0.3 is 0 Å².